The maximum absolute atomic E-state index is 11.2. The number of ether oxygens (including phenoxy) is 1. The molecule has 15 heavy (non-hydrogen) atoms. The maximum Gasteiger partial charge on any atom is 0.354 e. The standard InChI is InChI=1S/C12H9NO2/c1-3-8-4-5-9-7-11(12(14)15-2)13-10(9)6-8/h1,4-7,13H,2H3. The molecule has 0 spiro atoms. The van der Waals surface area contributed by atoms with Gasteiger partial charge in [0.2, 0.25) is 0 Å². The fourth-order valence-electron chi connectivity index (χ4n) is 1.44. The fourth-order valence-corrected chi connectivity index (χ4v) is 1.44. The van der Waals surface area contributed by atoms with Gasteiger partial charge in [0.25, 0.3) is 0 Å². The molecule has 1 N–H and O–H groups in total. The van der Waals surface area contributed by atoms with Crippen LogP contribution in [0.3, 0.4) is 0 Å². The zero-order valence-corrected chi connectivity index (χ0v) is 8.20. The van der Waals surface area contributed by atoms with E-state index in [0.717, 1.165) is 16.5 Å². The van der Waals surface area contributed by atoms with Gasteiger partial charge in [-0.15, -0.1) is 6.42 Å². The molecule has 2 rings (SSSR count). The highest BCUT2D eigenvalue weighted by molar-refractivity contribution is 5.95. The first-order valence-electron chi connectivity index (χ1n) is 4.42. The number of aromatic nitrogens is 1. The van der Waals surface area contributed by atoms with E-state index < -0.39 is 0 Å². The predicted molar refractivity (Wildman–Crippen MR) is 57.6 cm³/mol. The molecule has 0 bridgehead atoms. The van der Waals surface area contributed by atoms with Crippen molar-refractivity contribution in [3.05, 3.63) is 35.5 Å². The molecular weight excluding hydrogens is 190 g/mol. The van der Waals surface area contributed by atoms with E-state index in [0.29, 0.717) is 5.69 Å². The third-order valence-electron chi connectivity index (χ3n) is 2.19. The second-order valence-electron chi connectivity index (χ2n) is 3.12. The Morgan fingerprint density at radius 3 is 2.93 bits per heavy atom. The molecule has 0 aliphatic carbocycles. The number of aromatic amines is 1. The Bertz CT molecular complexity index is 560. The summed E-state index contributed by atoms with van der Waals surface area (Å²) in [6.45, 7) is 0. The Morgan fingerprint density at radius 2 is 2.27 bits per heavy atom. The second-order valence-corrected chi connectivity index (χ2v) is 3.12. The summed E-state index contributed by atoms with van der Waals surface area (Å²) in [5.41, 5.74) is 2.05. The van der Waals surface area contributed by atoms with Crippen molar-refractivity contribution in [2.24, 2.45) is 0 Å². The fraction of sp³-hybridized carbons (Fsp3) is 0.0833. The lowest BCUT2D eigenvalue weighted by Crippen LogP contribution is -2.00. The second kappa shape index (κ2) is 3.50. The summed E-state index contributed by atoms with van der Waals surface area (Å²) in [6, 6.07) is 7.26. The van der Waals surface area contributed by atoms with Gasteiger partial charge >= 0.3 is 5.97 Å². The summed E-state index contributed by atoms with van der Waals surface area (Å²) in [6.07, 6.45) is 5.28. The number of fused-ring (bicyclic) bond motifs is 1. The number of methoxy groups -OCH3 is 1. The van der Waals surface area contributed by atoms with E-state index in [4.69, 9.17) is 6.42 Å². The molecule has 1 aromatic carbocycles. The predicted octanol–water partition coefficient (Wildman–Crippen LogP) is 1.94. The quantitative estimate of drug-likeness (QED) is 0.563. The summed E-state index contributed by atoms with van der Waals surface area (Å²) in [5, 5.41) is 0.939. The van der Waals surface area contributed by atoms with Gasteiger partial charge in [-0.2, -0.15) is 0 Å². The van der Waals surface area contributed by atoms with Crippen LogP contribution in [-0.4, -0.2) is 18.1 Å². The lowest BCUT2D eigenvalue weighted by molar-refractivity contribution is 0.0595. The number of H-pyrrole nitrogens is 1. The average Bonchev–Trinajstić information content (AvgIpc) is 2.70. The summed E-state index contributed by atoms with van der Waals surface area (Å²) >= 11 is 0. The largest absolute Gasteiger partial charge is 0.464 e. The highest BCUT2D eigenvalue weighted by atomic mass is 16.5. The van der Waals surface area contributed by atoms with Crippen LogP contribution < -0.4 is 0 Å². The van der Waals surface area contributed by atoms with Crippen LogP contribution >= 0.6 is 0 Å². The Labute approximate surface area is 87.1 Å². The van der Waals surface area contributed by atoms with Crippen molar-refractivity contribution in [2.45, 2.75) is 0 Å². The van der Waals surface area contributed by atoms with Gasteiger partial charge in [0, 0.05) is 16.5 Å². The Balaban J connectivity index is 2.57. The molecule has 3 heteroatoms. The Kier molecular flexibility index (Phi) is 2.18. The molecule has 0 aliphatic rings. The van der Waals surface area contributed by atoms with Crippen LogP contribution in [0.1, 0.15) is 16.1 Å². The normalized spacial score (nSPS) is 9.87. The molecule has 0 saturated heterocycles. The molecule has 0 amide bonds. The number of terminal acetylenes is 1. The van der Waals surface area contributed by atoms with Gasteiger partial charge in [-0.05, 0) is 18.2 Å². The number of benzene rings is 1. The van der Waals surface area contributed by atoms with Crippen LogP contribution in [0.4, 0.5) is 0 Å². The van der Waals surface area contributed by atoms with Gasteiger partial charge in [-0.25, -0.2) is 4.79 Å². The molecule has 0 unspecified atom stereocenters. The molecular formula is C12H9NO2. The zero-order valence-electron chi connectivity index (χ0n) is 8.20. The van der Waals surface area contributed by atoms with Gasteiger partial charge in [-0.3, -0.25) is 0 Å². The molecule has 1 aromatic heterocycles. The summed E-state index contributed by atoms with van der Waals surface area (Å²) in [4.78, 5) is 14.2. The minimum Gasteiger partial charge on any atom is -0.464 e. The van der Waals surface area contributed by atoms with Crippen LogP contribution in [0.25, 0.3) is 10.9 Å². The van der Waals surface area contributed by atoms with Gasteiger partial charge in [0.05, 0.1) is 7.11 Å². The van der Waals surface area contributed by atoms with Crippen molar-refractivity contribution < 1.29 is 9.53 Å². The lowest BCUT2D eigenvalue weighted by atomic mass is 10.2. The van der Waals surface area contributed by atoms with Crippen LogP contribution in [-0.2, 0) is 4.74 Å². The molecule has 2 aromatic rings. The van der Waals surface area contributed by atoms with Crippen LogP contribution in [0.5, 0.6) is 0 Å². The number of rotatable bonds is 1. The number of nitrogens with one attached hydrogen (secondary N) is 1. The molecule has 3 nitrogen and oxygen atoms in total. The van der Waals surface area contributed by atoms with Crippen molar-refractivity contribution in [1.29, 1.82) is 0 Å². The first kappa shape index (κ1) is 9.35. The van der Waals surface area contributed by atoms with E-state index in [1.165, 1.54) is 7.11 Å². The molecule has 0 fully saturated rings. The smallest absolute Gasteiger partial charge is 0.354 e. The Hall–Kier alpha value is -2.21. The SMILES string of the molecule is C#Cc1ccc2cc(C(=O)OC)[nH]c2c1. The van der Waals surface area contributed by atoms with Gasteiger partial charge in [0.1, 0.15) is 5.69 Å². The van der Waals surface area contributed by atoms with Crippen molar-refractivity contribution >= 4 is 16.9 Å². The molecule has 74 valence electrons. The molecule has 0 radical (unpaired) electrons. The van der Waals surface area contributed by atoms with Crippen molar-refractivity contribution in [1.82, 2.24) is 4.98 Å². The first-order valence-corrected chi connectivity index (χ1v) is 4.42. The number of esters is 1. The van der Waals surface area contributed by atoms with E-state index in [1.54, 1.807) is 6.07 Å². The molecule has 0 atom stereocenters. The highest BCUT2D eigenvalue weighted by Gasteiger charge is 2.08. The zero-order chi connectivity index (χ0) is 10.8. The van der Waals surface area contributed by atoms with E-state index in [-0.39, 0.29) is 5.97 Å². The third-order valence-corrected chi connectivity index (χ3v) is 2.19. The number of carbonyl (C=O) groups is 1. The van der Waals surface area contributed by atoms with Gasteiger partial charge < -0.3 is 9.72 Å². The van der Waals surface area contributed by atoms with E-state index in [9.17, 15) is 4.79 Å². The monoisotopic (exact) mass is 199 g/mol. The maximum atomic E-state index is 11.2. The summed E-state index contributed by atoms with van der Waals surface area (Å²) in [5.74, 6) is 2.15. The van der Waals surface area contributed by atoms with Crippen LogP contribution in [0.15, 0.2) is 24.3 Å². The third kappa shape index (κ3) is 1.57. The lowest BCUT2D eigenvalue weighted by Gasteiger charge is -1.92. The van der Waals surface area contributed by atoms with Crippen LogP contribution in [0, 0.1) is 12.3 Å². The molecule has 1 heterocycles. The van der Waals surface area contributed by atoms with Crippen molar-refractivity contribution in [3.63, 3.8) is 0 Å². The number of hydrogen-bond donors (Lipinski definition) is 1. The van der Waals surface area contributed by atoms with Crippen molar-refractivity contribution in [2.75, 3.05) is 7.11 Å². The summed E-state index contributed by atoms with van der Waals surface area (Å²) in [7, 11) is 1.35. The molecule has 0 aliphatic heterocycles. The van der Waals surface area contributed by atoms with Gasteiger partial charge in [0.15, 0.2) is 0 Å². The average molecular weight is 199 g/mol. The topological polar surface area (TPSA) is 42.1 Å². The molecule has 0 saturated carbocycles. The Morgan fingerprint density at radius 1 is 1.47 bits per heavy atom. The van der Waals surface area contributed by atoms with Gasteiger partial charge in [-0.1, -0.05) is 12.0 Å². The summed E-state index contributed by atoms with van der Waals surface area (Å²) < 4.78 is 4.61. The van der Waals surface area contributed by atoms with Crippen molar-refractivity contribution in [3.8, 4) is 12.3 Å². The first-order chi connectivity index (χ1) is 7.24. The van der Waals surface area contributed by atoms with Crippen LogP contribution in [0.2, 0.25) is 0 Å². The van der Waals surface area contributed by atoms with E-state index >= 15 is 0 Å². The highest BCUT2D eigenvalue weighted by Crippen LogP contribution is 2.17. The minimum absolute atomic E-state index is 0.381. The number of hydrogen-bond acceptors (Lipinski definition) is 2. The number of carbonyl (C=O) groups excluding carboxylic acids is 1. The minimum atomic E-state index is -0.381. The van der Waals surface area contributed by atoms with E-state index in [2.05, 4.69) is 15.6 Å². The van der Waals surface area contributed by atoms with E-state index in [1.807, 2.05) is 18.2 Å².